The number of carbonyl (C=O) groups excluding carboxylic acids is 1. The molecule has 1 fully saturated rings. The number of hydrogen-bond acceptors (Lipinski definition) is 3. The van der Waals surface area contributed by atoms with E-state index in [1.165, 1.54) is 4.90 Å². The monoisotopic (exact) mass is 275 g/mol. The van der Waals surface area contributed by atoms with Gasteiger partial charge in [-0.3, -0.25) is 9.69 Å². The van der Waals surface area contributed by atoms with Crippen molar-refractivity contribution >= 4 is 12.1 Å². The SMILES string of the molecule is C[C@@]12c3ccccc3CC[C@]1(C)OC(=O)N2CC(=O)O. The summed E-state index contributed by atoms with van der Waals surface area (Å²) in [6, 6.07) is 7.87. The molecule has 20 heavy (non-hydrogen) atoms. The Morgan fingerprint density at radius 3 is 2.80 bits per heavy atom. The largest absolute Gasteiger partial charge is 0.480 e. The molecule has 1 aromatic carbocycles. The molecule has 0 spiro atoms. The highest BCUT2D eigenvalue weighted by Crippen LogP contribution is 2.52. The highest BCUT2D eigenvalue weighted by Gasteiger charge is 2.62. The molecule has 5 nitrogen and oxygen atoms in total. The molecule has 106 valence electrons. The Hall–Kier alpha value is -2.04. The van der Waals surface area contributed by atoms with E-state index in [2.05, 4.69) is 0 Å². The van der Waals surface area contributed by atoms with E-state index >= 15 is 0 Å². The third kappa shape index (κ3) is 1.49. The molecular weight excluding hydrogens is 258 g/mol. The maximum Gasteiger partial charge on any atom is 0.411 e. The molecule has 0 unspecified atom stereocenters. The van der Waals surface area contributed by atoms with E-state index in [0.717, 1.165) is 17.5 Å². The summed E-state index contributed by atoms with van der Waals surface area (Å²) in [4.78, 5) is 24.6. The van der Waals surface area contributed by atoms with Crippen LogP contribution in [-0.2, 0) is 21.5 Å². The lowest BCUT2D eigenvalue weighted by Crippen LogP contribution is -2.56. The van der Waals surface area contributed by atoms with Gasteiger partial charge in [-0.05, 0) is 37.8 Å². The Bertz CT molecular complexity index is 599. The molecule has 3 rings (SSSR count). The molecule has 1 aromatic rings. The number of carboxylic acid groups (broad SMARTS) is 1. The Balaban J connectivity index is 2.18. The van der Waals surface area contributed by atoms with Crippen LogP contribution in [0.25, 0.3) is 0 Å². The van der Waals surface area contributed by atoms with Crippen LogP contribution in [0.4, 0.5) is 4.79 Å². The number of fused-ring (bicyclic) bond motifs is 3. The highest BCUT2D eigenvalue weighted by atomic mass is 16.6. The van der Waals surface area contributed by atoms with Crippen molar-refractivity contribution in [2.45, 2.75) is 37.8 Å². The number of rotatable bonds is 2. The average Bonchev–Trinajstić information content (AvgIpc) is 2.59. The van der Waals surface area contributed by atoms with Crippen LogP contribution in [-0.4, -0.2) is 34.2 Å². The van der Waals surface area contributed by atoms with E-state index in [0.29, 0.717) is 6.42 Å². The summed E-state index contributed by atoms with van der Waals surface area (Å²) in [5.74, 6) is -1.03. The minimum atomic E-state index is -1.03. The number of benzene rings is 1. The lowest BCUT2D eigenvalue weighted by atomic mass is 9.67. The molecule has 2 aliphatic rings. The van der Waals surface area contributed by atoms with E-state index < -0.39 is 23.2 Å². The van der Waals surface area contributed by atoms with Gasteiger partial charge in [-0.1, -0.05) is 24.3 Å². The van der Waals surface area contributed by atoms with Crippen molar-refractivity contribution < 1.29 is 19.4 Å². The predicted octanol–water partition coefficient (Wildman–Crippen LogP) is 2.14. The quantitative estimate of drug-likeness (QED) is 0.898. The summed E-state index contributed by atoms with van der Waals surface area (Å²) in [5, 5.41) is 9.08. The van der Waals surface area contributed by atoms with Gasteiger partial charge in [0, 0.05) is 0 Å². The normalized spacial score (nSPS) is 31.5. The van der Waals surface area contributed by atoms with Gasteiger partial charge in [0.2, 0.25) is 0 Å². The van der Waals surface area contributed by atoms with Gasteiger partial charge in [0.25, 0.3) is 0 Å². The molecule has 1 aliphatic heterocycles. The van der Waals surface area contributed by atoms with Crippen LogP contribution >= 0.6 is 0 Å². The Morgan fingerprint density at radius 2 is 2.10 bits per heavy atom. The second-order valence-electron chi connectivity index (χ2n) is 5.81. The molecular formula is C15H17NO4. The van der Waals surface area contributed by atoms with Crippen molar-refractivity contribution in [3.63, 3.8) is 0 Å². The van der Waals surface area contributed by atoms with Crippen LogP contribution in [0.15, 0.2) is 24.3 Å². The summed E-state index contributed by atoms with van der Waals surface area (Å²) in [5.41, 5.74) is 0.715. The number of hydrogen-bond donors (Lipinski definition) is 1. The molecule has 1 heterocycles. The van der Waals surface area contributed by atoms with Gasteiger partial charge in [-0.2, -0.15) is 0 Å². The fourth-order valence-electron chi connectivity index (χ4n) is 3.48. The third-order valence-electron chi connectivity index (χ3n) is 4.81. The topological polar surface area (TPSA) is 66.8 Å². The molecule has 0 saturated carbocycles. The van der Waals surface area contributed by atoms with E-state index in [9.17, 15) is 9.59 Å². The van der Waals surface area contributed by atoms with Crippen molar-refractivity contribution in [2.24, 2.45) is 0 Å². The van der Waals surface area contributed by atoms with E-state index in [1.54, 1.807) is 0 Å². The molecule has 5 heteroatoms. The van der Waals surface area contributed by atoms with Crippen LogP contribution in [0.1, 0.15) is 31.4 Å². The molecule has 1 saturated heterocycles. The summed E-state index contributed by atoms with van der Waals surface area (Å²) < 4.78 is 5.55. The second kappa shape index (κ2) is 3.98. The zero-order valence-corrected chi connectivity index (χ0v) is 11.5. The van der Waals surface area contributed by atoms with E-state index in [-0.39, 0.29) is 6.54 Å². The highest BCUT2D eigenvalue weighted by molar-refractivity contribution is 5.80. The lowest BCUT2D eigenvalue weighted by molar-refractivity contribution is -0.139. The summed E-state index contributed by atoms with van der Waals surface area (Å²) in [6.07, 6.45) is 0.979. The van der Waals surface area contributed by atoms with Crippen LogP contribution in [0.3, 0.4) is 0 Å². The fourth-order valence-corrected chi connectivity index (χ4v) is 3.48. The summed E-state index contributed by atoms with van der Waals surface area (Å²) >= 11 is 0. The smallest absolute Gasteiger partial charge is 0.411 e. The number of carboxylic acids is 1. The number of aliphatic carboxylic acids is 1. The first-order chi connectivity index (χ1) is 9.38. The lowest BCUT2D eigenvalue weighted by Gasteiger charge is -2.46. The van der Waals surface area contributed by atoms with E-state index in [4.69, 9.17) is 9.84 Å². The van der Waals surface area contributed by atoms with Gasteiger partial charge >= 0.3 is 12.1 Å². The summed E-state index contributed by atoms with van der Waals surface area (Å²) in [6.45, 7) is 3.45. The second-order valence-corrected chi connectivity index (χ2v) is 5.81. The molecule has 2 atom stereocenters. The van der Waals surface area contributed by atoms with Crippen molar-refractivity contribution in [3.8, 4) is 0 Å². The first-order valence-electron chi connectivity index (χ1n) is 6.69. The van der Waals surface area contributed by atoms with Gasteiger partial charge in [-0.25, -0.2) is 4.79 Å². The molecule has 1 aliphatic carbocycles. The van der Waals surface area contributed by atoms with Crippen LogP contribution in [0.2, 0.25) is 0 Å². The van der Waals surface area contributed by atoms with Gasteiger partial charge in [0.15, 0.2) is 0 Å². The van der Waals surface area contributed by atoms with Crippen molar-refractivity contribution in [1.82, 2.24) is 4.90 Å². The van der Waals surface area contributed by atoms with Crippen LogP contribution < -0.4 is 0 Å². The average molecular weight is 275 g/mol. The Labute approximate surface area is 117 Å². The van der Waals surface area contributed by atoms with E-state index in [1.807, 2.05) is 38.1 Å². The number of nitrogens with zero attached hydrogens (tertiary/aromatic N) is 1. The van der Waals surface area contributed by atoms with Gasteiger partial charge in [0.05, 0.1) is 0 Å². The Kier molecular flexibility index (Phi) is 2.58. The fraction of sp³-hybridized carbons (Fsp3) is 0.467. The van der Waals surface area contributed by atoms with Gasteiger partial charge < -0.3 is 9.84 Å². The number of aryl methyl sites for hydroxylation is 1. The van der Waals surface area contributed by atoms with Crippen molar-refractivity contribution in [2.75, 3.05) is 6.54 Å². The number of amides is 1. The summed E-state index contributed by atoms with van der Waals surface area (Å²) in [7, 11) is 0. The Morgan fingerprint density at radius 1 is 1.40 bits per heavy atom. The number of carbonyl (C=O) groups is 2. The maximum atomic E-state index is 12.1. The molecule has 1 amide bonds. The minimum Gasteiger partial charge on any atom is -0.480 e. The minimum absolute atomic E-state index is 0.348. The standard InChI is InChI=1S/C15H17NO4/c1-14-8-7-10-5-3-4-6-11(10)15(14,2)16(9-12(17)18)13(19)20-14/h3-6H,7-9H2,1-2H3,(H,17,18)/t14-,15+/m0/s1. The van der Waals surface area contributed by atoms with Crippen LogP contribution in [0.5, 0.6) is 0 Å². The zero-order chi connectivity index (χ0) is 14.5. The predicted molar refractivity (Wildman–Crippen MR) is 71.3 cm³/mol. The first-order valence-corrected chi connectivity index (χ1v) is 6.69. The molecule has 0 aromatic heterocycles. The molecule has 0 radical (unpaired) electrons. The van der Waals surface area contributed by atoms with Crippen molar-refractivity contribution in [3.05, 3.63) is 35.4 Å². The number of ether oxygens (including phenoxy) is 1. The van der Waals surface area contributed by atoms with Gasteiger partial charge in [-0.15, -0.1) is 0 Å². The molecule has 1 N–H and O–H groups in total. The van der Waals surface area contributed by atoms with Crippen LogP contribution in [0, 0.1) is 0 Å². The van der Waals surface area contributed by atoms with Crippen molar-refractivity contribution in [1.29, 1.82) is 0 Å². The van der Waals surface area contributed by atoms with Gasteiger partial charge in [0.1, 0.15) is 17.7 Å². The molecule has 0 bridgehead atoms. The maximum absolute atomic E-state index is 12.1. The zero-order valence-electron chi connectivity index (χ0n) is 11.5. The first kappa shape index (κ1) is 13.0. The third-order valence-corrected chi connectivity index (χ3v) is 4.81.